The van der Waals surface area contributed by atoms with Crippen LogP contribution in [0.5, 0.6) is 5.75 Å². The molecule has 3 rings (SSSR count). The molecule has 1 atom stereocenters. The molecule has 9 heteroatoms. The maximum absolute atomic E-state index is 12.4. The molecule has 0 aliphatic heterocycles. The maximum atomic E-state index is 12.4. The molecule has 0 fully saturated rings. The van der Waals surface area contributed by atoms with Crippen molar-refractivity contribution >= 4 is 40.7 Å². The summed E-state index contributed by atoms with van der Waals surface area (Å²) in [7, 11) is 0. The smallest absolute Gasteiger partial charge is 0.234 e. The van der Waals surface area contributed by atoms with E-state index in [0.717, 1.165) is 5.56 Å². The predicted octanol–water partition coefficient (Wildman–Crippen LogP) is 5.33. The monoisotopic (exact) mass is 472 g/mol. The summed E-state index contributed by atoms with van der Waals surface area (Å²) in [4.78, 5) is 23.7. The predicted molar refractivity (Wildman–Crippen MR) is 127 cm³/mol. The summed E-state index contributed by atoms with van der Waals surface area (Å²) in [5.41, 5.74) is 2.28. The van der Waals surface area contributed by atoms with Gasteiger partial charge < -0.3 is 14.6 Å². The lowest BCUT2D eigenvalue weighted by molar-refractivity contribution is -0.113. The van der Waals surface area contributed by atoms with E-state index in [1.54, 1.807) is 30.3 Å². The van der Waals surface area contributed by atoms with E-state index in [1.807, 2.05) is 37.5 Å². The van der Waals surface area contributed by atoms with Gasteiger partial charge in [0.15, 0.2) is 22.9 Å². The number of ketones is 1. The van der Waals surface area contributed by atoms with Crippen LogP contribution >= 0.6 is 23.4 Å². The largest absolute Gasteiger partial charge is 0.481 e. The van der Waals surface area contributed by atoms with Gasteiger partial charge in [-0.3, -0.25) is 9.59 Å². The summed E-state index contributed by atoms with van der Waals surface area (Å²) in [6, 6.07) is 12.4. The highest BCUT2D eigenvalue weighted by Crippen LogP contribution is 2.30. The third kappa shape index (κ3) is 5.89. The van der Waals surface area contributed by atoms with Crippen molar-refractivity contribution in [3.8, 4) is 5.75 Å². The fraction of sp³-hybridized carbons (Fsp3) is 0.304. The van der Waals surface area contributed by atoms with Gasteiger partial charge in [-0.2, -0.15) is 0 Å². The van der Waals surface area contributed by atoms with E-state index in [0.29, 0.717) is 39.5 Å². The quantitative estimate of drug-likeness (QED) is 0.334. The van der Waals surface area contributed by atoms with Crippen LogP contribution in [0.25, 0.3) is 0 Å². The normalized spacial score (nSPS) is 11.8. The molecule has 0 saturated heterocycles. The number of aromatic nitrogens is 3. The number of hydrogen-bond donors (Lipinski definition) is 1. The maximum Gasteiger partial charge on any atom is 0.234 e. The number of ether oxygens (including phenoxy) is 1. The first-order chi connectivity index (χ1) is 15.3. The Hall–Kier alpha value is -2.84. The highest BCUT2D eigenvalue weighted by molar-refractivity contribution is 7.99. The zero-order valence-corrected chi connectivity index (χ0v) is 20.0. The summed E-state index contributed by atoms with van der Waals surface area (Å²) >= 11 is 7.55. The summed E-state index contributed by atoms with van der Waals surface area (Å²) in [5, 5.41) is 12.5. The van der Waals surface area contributed by atoms with Crippen molar-refractivity contribution in [3.05, 3.63) is 64.4 Å². The molecule has 3 aromatic rings. The highest BCUT2D eigenvalue weighted by Gasteiger charge is 2.20. The number of carbonyl (C=O) groups excluding carboxylic acids is 2. The topological polar surface area (TPSA) is 86.1 Å². The standard InChI is InChI=1S/C23H25ClN4O3S/c1-5-28-22(16(4)31-20-12-14(2)6-11-19(20)24)26-27-23(28)32-13-21(30)25-18-9-7-17(8-10-18)15(3)29/h6-12,16H,5,13H2,1-4H3,(H,25,30). The first kappa shape index (κ1) is 23.8. The van der Waals surface area contributed by atoms with Crippen LogP contribution < -0.4 is 10.1 Å². The van der Waals surface area contributed by atoms with Crippen LogP contribution in [0.2, 0.25) is 5.02 Å². The lowest BCUT2D eigenvalue weighted by atomic mass is 10.1. The number of rotatable bonds is 9. The van der Waals surface area contributed by atoms with Gasteiger partial charge in [0.05, 0.1) is 10.8 Å². The number of nitrogens with zero attached hydrogens (tertiary/aromatic N) is 3. The second kappa shape index (κ2) is 10.7. The zero-order valence-electron chi connectivity index (χ0n) is 18.4. The Labute approximate surface area is 196 Å². The SMILES string of the molecule is CCn1c(SCC(=O)Nc2ccc(C(C)=O)cc2)nnc1C(C)Oc1cc(C)ccc1Cl. The first-order valence-corrected chi connectivity index (χ1v) is 11.5. The van der Waals surface area contributed by atoms with Crippen LogP contribution in [0.1, 0.15) is 48.6 Å². The number of carbonyl (C=O) groups is 2. The van der Waals surface area contributed by atoms with Gasteiger partial charge >= 0.3 is 0 Å². The second-order valence-corrected chi connectivity index (χ2v) is 8.60. The van der Waals surface area contributed by atoms with Crippen LogP contribution in [-0.4, -0.2) is 32.2 Å². The van der Waals surface area contributed by atoms with Gasteiger partial charge in [-0.15, -0.1) is 10.2 Å². The Morgan fingerprint density at radius 1 is 1.19 bits per heavy atom. The third-order valence-electron chi connectivity index (χ3n) is 4.72. The Balaban J connectivity index is 1.63. The zero-order chi connectivity index (χ0) is 23.3. The summed E-state index contributed by atoms with van der Waals surface area (Å²) in [6.07, 6.45) is -0.371. The number of hydrogen-bond acceptors (Lipinski definition) is 6. The number of benzene rings is 2. The Morgan fingerprint density at radius 2 is 1.91 bits per heavy atom. The molecule has 0 radical (unpaired) electrons. The number of Topliss-reactive ketones (excluding diaryl/α,β-unsaturated/α-hetero) is 1. The van der Waals surface area contributed by atoms with Gasteiger partial charge in [0, 0.05) is 17.8 Å². The van der Waals surface area contributed by atoms with Gasteiger partial charge in [0.25, 0.3) is 0 Å². The average molecular weight is 473 g/mol. The van der Waals surface area contributed by atoms with Crippen molar-refractivity contribution in [2.45, 2.75) is 45.5 Å². The van der Waals surface area contributed by atoms with Crippen LogP contribution in [-0.2, 0) is 11.3 Å². The minimum absolute atomic E-state index is 0.0176. The van der Waals surface area contributed by atoms with Crippen molar-refractivity contribution in [2.75, 3.05) is 11.1 Å². The number of amides is 1. The van der Waals surface area contributed by atoms with E-state index >= 15 is 0 Å². The van der Waals surface area contributed by atoms with Crippen molar-refractivity contribution in [1.82, 2.24) is 14.8 Å². The molecule has 7 nitrogen and oxygen atoms in total. The van der Waals surface area contributed by atoms with Crippen LogP contribution in [0.3, 0.4) is 0 Å². The number of nitrogens with one attached hydrogen (secondary N) is 1. The first-order valence-electron chi connectivity index (χ1n) is 10.2. The minimum atomic E-state index is -0.371. The number of anilines is 1. The molecule has 1 aromatic heterocycles. The third-order valence-corrected chi connectivity index (χ3v) is 6.00. The van der Waals surface area contributed by atoms with E-state index in [4.69, 9.17) is 16.3 Å². The molecule has 1 amide bonds. The fourth-order valence-corrected chi connectivity index (χ4v) is 4.04. The van der Waals surface area contributed by atoms with Crippen molar-refractivity contribution in [2.24, 2.45) is 0 Å². The lowest BCUT2D eigenvalue weighted by Gasteiger charge is -2.16. The Bertz CT molecular complexity index is 1110. The van der Waals surface area contributed by atoms with Gasteiger partial charge in [-0.05, 0) is 69.7 Å². The molecule has 1 unspecified atom stereocenters. The van der Waals surface area contributed by atoms with Crippen LogP contribution in [0.4, 0.5) is 5.69 Å². The van der Waals surface area contributed by atoms with Gasteiger partial charge in [-0.25, -0.2) is 0 Å². The van der Waals surface area contributed by atoms with E-state index in [2.05, 4.69) is 15.5 Å². The molecular formula is C23H25ClN4O3S. The van der Waals surface area contributed by atoms with Gasteiger partial charge in [0.2, 0.25) is 5.91 Å². The lowest BCUT2D eigenvalue weighted by Crippen LogP contribution is -2.15. The van der Waals surface area contributed by atoms with Crippen molar-refractivity contribution in [1.29, 1.82) is 0 Å². The van der Waals surface area contributed by atoms with Crippen molar-refractivity contribution in [3.63, 3.8) is 0 Å². The van der Waals surface area contributed by atoms with Gasteiger partial charge in [-0.1, -0.05) is 29.4 Å². The van der Waals surface area contributed by atoms with E-state index < -0.39 is 0 Å². The summed E-state index contributed by atoms with van der Waals surface area (Å²) in [5.74, 6) is 1.23. The molecule has 2 aromatic carbocycles. The Morgan fingerprint density at radius 3 is 2.56 bits per heavy atom. The average Bonchev–Trinajstić information content (AvgIpc) is 3.18. The summed E-state index contributed by atoms with van der Waals surface area (Å²) in [6.45, 7) is 7.98. The molecule has 0 spiro atoms. The van der Waals surface area contributed by atoms with Crippen molar-refractivity contribution < 1.29 is 14.3 Å². The van der Waals surface area contributed by atoms with Crippen LogP contribution in [0.15, 0.2) is 47.6 Å². The molecular weight excluding hydrogens is 448 g/mol. The molecule has 168 valence electrons. The highest BCUT2D eigenvalue weighted by atomic mass is 35.5. The fourth-order valence-electron chi connectivity index (χ4n) is 3.06. The second-order valence-electron chi connectivity index (χ2n) is 7.25. The molecule has 0 aliphatic carbocycles. The van der Waals surface area contributed by atoms with E-state index in [9.17, 15) is 9.59 Å². The number of aryl methyl sites for hydroxylation is 1. The Kier molecular flexibility index (Phi) is 7.93. The van der Waals surface area contributed by atoms with E-state index in [-0.39, 0.29) is 23.5 Å². The van der Waals surface area contributed by atoms with Gasteiger partial charge in [0.1, 0.15) is 5.75 Å². The molecule has 32 heavy (non-hydrogen) atoms. The molecule has 1 N–H and O–H groups in total. The van der Waals surface area contributed by atoms with E-state index in [1.165, 1.54) is 18.7 Å². The molecule has 0 saturated carbocycles. The number of thioether (sulfide) groups is 1. The molecule has 1 heterocycles. The van der Waals surface area contributed by atoms with Crippen LogP contribution in [0, 0.1) is 6.92 Å². The minimum Gasteiger partial charge on any atom is -0.481 e. The summed E-state index contributed by atoms with van der Waals surface area (Å²) < 4.78 is 7.96. The number of halogens is 1. The molecule has 0 bridgehead atoms. The molecule has 0 aliphatic rings.